The van der Waals surface area contributed by atoms with Crippen LogP contribution in [0.5, 0.6) is 0 Å². The van der Waals surface area contributed by atoms with E-state index in [4.69, 9.17) is 11.6 Å². The molecule has 2 fully saturated rings. The van der Waals surface area contributed by atoms with Crippen molar-refractivity contribution < 1.29 is 4.79 Å². The van der Waals surface area contributed by atoms with Gasteiger partial charge in [0.2, 0.25) is 5.91 Å². The van der Waals surface area contributed by atoms with Gasteiger partial charge < -0.3 is 4.90 Å². The molecule has 0 N–H and O–H groups in total. The lowest BCUT2D eigenvalue weighted by atomic mass is 9.66. The maximum Gasteiger partial charge on any atom is 0.229 e. The Morgan fingerprint density at radius 1 is 1.27 bits per heavy atom. The highest BCUT2D eigenvalue weighted by atomic mass is 35.5. The zero-order valence-corrected chi connectivity index (χ0v) is 22.5. The van der Waals surface area contributed by atoms with Crippen LogP contribution in [0.15, 0.2) is 61.2 Å². The summed E-state index contributed by atoms with van der Waals surface area (Å²) in [4.78, 5) is 16.6. The number of benzene rings is 1. The number of thioether (sulfide) groups is 1. The molecule has 1 aromatic rings. The molecule has 4 heteroatoms. The first kappa shape index (κ1) is 26.2. The highest BCUT2D eigenvalue weighted by Gasteiger charge is 2.53. The Morgan fingerprint density at radius 3 is 2.39 bits per heavy atom. The van der Waals surface area contributed by atoms with Crippen molar-refractivity contribution in [3.63, 3.8) is 0 Å². The van der Waals surface area contributed by atoms with Gasteiger partial charge in [-0.25, -0.2) is 0 Å². The Kier molecular flexibility index (Phi) is 8.28. The van der Waals surface area contributed by atoms with Crippen LogP contribution in [-0.2, 0) is 4.79 Å². The number of nitrogens with zero attached hydrogens (tertiary/aromatic N) is 1. The molecular formula is C29H40ClNOS. The second-order valence-electron chi connectivity index (χ2n) is 10.9. The summed E-state index contributed by atoms with van der Waals surface area (Å²) in [6.45, 7) is 19.1. The third-order valence-corrected chi connectivity index (χ3v) is 8.74. The number of carbonyl (C=O) groups is 1. The van der Waals surface area contributed by atoms with Crippen molar-refractivity contribution in [2.24, 2.45) is 17.3 Å². The molecule has 1 saturated heterocycles. The van der Waals surface area contributed by atoms with E-state index in [0.717, 1.165) is 22.8 Å². The number of likely N-dealkylation sites (tertiary alicyclic amines) is 1. The Morgan fingerprint density at radius 2 is 1.91 bits per heavy atom. The summed E-state index contributed by atoms with van der Waals surface area (Å²) < 4.78 is 0.154. The second kappa shape index (κ2) is 10.4. The predicted molar refractivity (Wildman–Crippen MR) is 145 cm³/mol. The van der Waals surface area contributed by atoms with Gasteiger partial charge in [0.05, 0.1) is 11.5 Å². The van der Waals surface area contributed by atoms with Gasteiger partial charge in [0.25, 0.3) is 0 Å². The van der Waals surface area contributed by atoms with E-state index >= 15 is 0 Å². The van der Waals surface area contributed by atoms with Crippen LogP contribution in [0.3, 0.4) is 0 Å². The van der Waals surface area contributed by atoms with Gasteiger partial charge in [0.1, 0.15) is 0 Å². The first-order valence-electron chi connectivity index (χ1n) is 12.2. The van der Waals surface area contributed by atoms with Crippen LogP contribution in [0.4, 0.5) is 0 Å². The van der Waals surface area contributed by atoms with Crippen LogP contribution in [-0.4, -0.2) is 27.3 Å². The van der Waals surface area contributed by atoms with E-state index in [-0.39, 0.29) is 28.7 Å². The van der Waals surface area contributed by atoms with Crippen molar-refractivity contribution in [3.05, 3.63) is 71.8 Å². The van der Waals surface area contributed by atoms with E-state index < -0.39 is 5.41 Å². The molecule has 2 nitrogen and oxygen atoms in total. The van der Waals surface area contributed by atoms with Crippen LogP contribution < -0.4 is 0 Å². The highest BCUT2D eigenvalue weighted by Crippen LogP contribution is 2.53. The number of halogens is 1. The predicted octanol–water partition coefficient (Wildman–Crippen LogP) is 8.25. The second-order valence-corrected chi connectivity index (χ2v) is 13.2. The average Bonchev–Trinajstić information content (AvgIpc) is 3.58. The van der Waals surface area contributed by atoms with Crippen molar-refractivity contribution in [3.8, 4) is 0 Å². The lowest BCUT2D eigenvalue weighted by molar-refractivity contribution is -0.155. The standard InChI is InChI=1S/C29H40ClNOS/c1-8-17-29(7)18-24(20(9-2)10-3)26(22-13-15-23(30)16-14-22)31(27(29)32)25(21-11-12-21)19-33-28(4,5)6/h8-10,13-16,21,24-26H,1-2,11-12,17-19H2,3-7H3. The first-order chi connectivity index (χ1) is 15.5. The summed E-state index contributed by atoms with van der Waals surface area (Å²) in [6, 6.07) is 8.31. The number of hydrogen-bond acceptors (Lipinski definition) is 2. The van der Waals surface area contributed by atoms with Crippen LogP contribution >= 0.6 is 23.4 Å². The van der Waals surface area contributed by atoms with Crippen molar-refractivity contribution in [1.82, 2.24) is 4.90 Å². The number of amides is 1. The van der Waals surface area contributed by atoms with Gasteiger partial charge in [-0.3, -0.25) is 4.79 Å². The van der Waals surface area contributed by atoms with Crippen LogP contribution in [0, 0.1) is 17.3 Å². The fourth-order valence-electron chi connectivity index (χ4n) is 5.26. The third kappa shape index (κ3) is 5.98. The molecule has 4 unspecified atom stereocenters. The number of allylic oxidation sites excluding steroid dienone is 3. The normalized spacial score (nSPS) is 27.4. The van der Waals surface area contributed by atoms with Crippen molar-refractivity contribution >= 4 is 29.3 Å². The van der Waals surface area contributed by atoms with E-state index in [1.54, 1.807) is 0 Å². The molecule has 1 heterocycles. The number of piperidine rings is 1. The van der Waals surface area contributed by atoms with Gasteiger partial charge in [-0.05, 0) is 61.8 Å². The van der Waals surface area contributed by atoms with Gasteiger partial charge in [0.15, 0.2) is 0 Å². The fraction of sp³-hybridized carbons (Fsp3) is 0.552. The number of carbonyl (C=O) groups excluding carboxylic acids is 1. The molecule has 1 aromatic carbocycles. The summed E-state index contributed by atoms with van der Waals surface area (Å²) in [5, 5.41) is 0.720. The highest BCUT2D eigenvalue weighted by molar-refractivity contribution is 8.00. The first-order valence-corrected chi connectivity index (χ1v) is 13.5. The molecule has 0 radical (unpaired) electrons. The molecule has 3 rings (SSSR count). The van der Waals surface area contributed by atoms with Gasteiger partial charge in [-0.1, -0.05) is 76.2 Å². The molecular weight excluding hydrogens is 446 g/mol. The third-order valence-electron chi connectivity index (χ3n) is 7.12. The zero-order chi connectivity index (χ0) is 24.4. The molecule has 1 aliphatic heterocycles. The van der Waals surface area contributed by atoms with Gasteiger partial charge >= 0.3 is 0 Å². The van der Waals surface area contributed by atoms with E-state index in [1.165, 1.54) is 18.4 Å². The lowest BCUT2D eigenvalue weighted by Crippen LogP contribution is -2.57. The molecule has 4 atom stereocenters. The Bertz CT molecular complexity index is 895. The molecule has 1 aliphatic carbocycles. The molecule has 1 saturated carbocycles. The Hall–Kier alpha value is -1.45. The summed E-state index contributed by atoms with van der Waals surface area (Å²) in [5.74, 6) is 1.98. The fourth-order valence-corrected chi connectivity index (χ4v) is 6.49. The van der Waals surface area contributed by atoms with Crippen LogP contribution in [0.1, 0.15) is 71.9 Å². The van der Waals surface area contributed by atoms with E-state index in [1.807, 2.05) is 36.0 Å². The van der Waals surface area contributed by atoms with Crippen LogP contribution in [0.25, 0.3) is 0 Å². The average molecular weight is 486 g/mol. The number of rotatable bonds is 9. The van der Waals surface area contributed by atoms with Crippen molar-refractivity contribution in [2.75, 3.05) is 5.75 Å². The number of hydrogen-bond donors (Lipinski definition) is 0. The summed E-state index contributed by atoms with van der Waals surface area (Å²) >= 11 is 8.23. The topological polar surface area (TPSA) is 20.3 Å². The SMILES string of the molecule is C=CCC1(C)CC(C(C=C)=CC)C(c2ccc(Cl)cc2)N(C(CSC(C)(C)C)C2CC2)C1=O. The molecule has 0 bridgehead atoms. The summed E-state index contributed by atoms with van der Waals surface area (Å²) in [5.41, 5.74) is 1.90. The maximum atomic E-state index is 14.3. The molecule has 0 aromatic heterocycles. The molecule has 33 heavy (non-hydrogen) atoms. The molecule has 180 valence electrons. The minimum Gasteiger partial charge on any atom is -0.330 e. The monoisotopic (exact) mass is 485 g/mol. The molecule has 1 amide bonds. The lowest BCUT2D eigenvalue weighted by Gasteiger charge is -2.52. The summed E-state index contributed by atoms with van der Waals surface area (Å²) in [6.07, 6.45) is 9.93. The minimum absolute atomic E-state index is 0.0250. The van der Waals surface area contributed by atoms with E-state index in [0.29, 0.717) is 12.3 Å². The molecule has 0 spiro atoms. The van der Waals surface area contributed by atoms with E-state index in [2.05, 4.69) is 70.9 Å². The zero-order valence-electron chi connectivity index (χ0n) is 20.9. The van der Waals surface area contributed by atoms with Gasteiger partial charge in [-0.2, -0.15) is 11.8 Å². The smallest absolute Gasteiger partial charge is 0.229 e. The van der Waals surface area contributed by atoms with Crippen molar-refractivity contribution in [1.29, 1.82) is 0 Å². The quantitative estimate of drug-likeness (QED) is 0.259. The Balaban J connectivity index is 2.16. The molecule has 2 aliphatic rings. The maximum absolute atomic E-state index is 14.3. The minimum atomic E-state index is -0.466. The van der Waals surface area contributed by atoms with E-state index in [9.17, 15) is 4.79 Å². The largest absolute Gasteiger partial charge is 0.330 e. The van der Waals surface area contributed by atoms with Gasteiger partial charge in [0, 0.05) is 27.5 Å². The Labute approximate surface area is 210 Å². The van der Waals surface area contributed by atoms with Gasteiger partial charge in [-0.15, -0.1) is 6.58 Å². The van der Waals surface area contributed by atoms with Crippen LogP contribution in [0.2, 0.25) is 5.02 Å². The van der Waals surface area contributed by atoms with Crippen molar-refractivity contribution in [2.45, 2.75) is 77.1 Å². The summed E-state index contributed by atoms with van der Waals surface area (Å²) in [7, 11) is 0.